The van der Waals surface area contributed by atoms with Gasteiger partial charge in [0.05, 0.1) is 18.7 Å². The first-order chi connectivity index (χ1) is 8.65. The van der Waals surface area contributed by atoms with Gasteiger partial charge in [-0.2, -0.15) is 4.98 Å². The molecule has 1 aromatic carbocycles. The number of hydrogen-bond acceptors (Lipinski definition) is 5. The minimum absolute atomic E-state index is 0.246. The number of aromatic nitrogens is 2. The first-order valence-electron chi connectivity index (χ1n) is 5.58. The van der Waals surface area contributed by atoms with Crippen molar-refractivity contribution in [3.05, 3.63) is 29.1 Å². The summed E-state index contributed by atoms with van der Waals surface area (Å²) in [5.74, 6) is 1.46. The van der Waals surface area contributed by atoms with Crippen LogP contribution in [0.4, 0.5) is 0 Å². The van der Waals surface area contributed by atoms with E-state index in [9.17, 15) is 0 Å². The van der Waals surface area contributed by atoms with Crippen molar-refractivity contribution >= 4 is 11.6 Å². The second-order valence-corrected chi connectivity index (χ2v) is 4.25. The largest absolute Gasteiger partial charge is 0.496 e. The first-order valence-corrected chi connectivity index (χ1v) is 5.96. The zero-order valence-electron chi connectivity index (χ0n) is 10.2. The van der Waals surface area contributed by atoms with E-state index in [1.54, 1.807) is 25.3 Å². The molecular formula is C12H14ClN3O2. The van der Waals surface area contributed by atoms with Crippen LogP contribution in [-0.4, -0.2) is 17.3 Å². The highest BCUT2D eigenvalue weighted by atomic mass is 35.5. The molecule has 0 fully saturated rings. The molecule has 5 nitrogen and oxygen atoms in total. The summed E-state index contributed by atoms with van der Waals surface area (Å²) in [6, 6.07) is 4.99. The number of halogens is 1. The molecule has 0 saturated heterocycles. The Morgan fingerprint density at radius 2 is 2.28 bits per heavy atom. The maximum absolute atomic E-state index is 5.90. The molecular weight excluding hydrogens is 254 g/mol. The lowest BCUT2D eigenvalue weighted by atomic mass is 10.2. The van der Waals surface area contributed by atoms with Crippen LogP contribution in [0.5, 0.6) is 5.75 Å². The van der Waals surface area contributed by atoms with Crippen molar-refractivity contribution in [1.82, 2.24) is 10.1 Å². The van der Waals surface area contributed by atoms with Crippen molar-refractivity contribution in [2.75, 3.05) is 7.11 Å². The van der Waals surface area contributed by atoms with Crippen LogP contribution in [0.3, 0.4) is 0 Å². The lowest BCUT2D eigenvalue weighted by Gasteiger charge is -2.04. The predicted molar refractivity (Wildman–Crippen MR) is 68.5 cm³/mol. The predicted octanol–water partition coefficient (Wildman–Crippen LogP) is 2.81. The van der Waals surface area contributed by atoms with Gasteiger partial charge in [0.25, 0.3) is 0 Å². The second kappa shape index (κ2) is 5.37. The molecule has 0 aliphatic heterocycles. The third kappa shape index (κ3) is 2.47. The summed E-state index contributed by atoms with van der Waals surface area (Å²) < 4.78 is 10.4. The Kier molecular flexibility index (Phi) is 3.84. The number of nitrogens with zero attached hydrogens (tertiary/aromatic N) is 2. The van der Waals surface area contributed by atoms with Gasteiger partial charge in [0.15, 0.2) is 0 Å². The van der Waals surface area contributed by atoms with E-state index in [4.69, 9.17) is 26.6 Å². The molecule has 0 bridgehead atoms. The smallest absolute Gasteiger partial charge is 0.243 e. The average Bonchev–Trinajstić information content (AvgIpc) is 2.87. The van der Waals surface area contributed by atoms with E-state index in [2.05, 4.69) is 10.1 Å². The number of rotatable bonds is 4. The number of methoxy groups -OCH3 is 1. The minimum atomic E-state index is -0.246. The number of benzene rings is 1. The molecule has 1 aromatic heterocycles. The number of nitrogens with two attached hydrogens (primary N) is 1. The Balaban J connectivity index is 2.39. The molecule has 2 N–H and O–H groups in total. The van der Waals surface area contributed by atoms with Gasteiger partial charge in [0, 0.05) is 5.02 Å². The molecule has 2 rings (SSSR count). The van der Waals surface area contributed by atoms with Gasteiger partial charge in [-0.25, -0.2) is 0 Å². The zero-order chi connectivity index (χ0) is 13.1. The van der Waals surface area contributed by atoms with Crippen LogP contribution in [0.15, 0.2) is 22.7 Å². The monoisotopic (exact) mass is 267 g/mol. The van der Waals surface area contributed by atoms with Crippen molar-refractivity contribution in [1.29, 1.82) is 0 Å². The zero-order valence-corrected chi connectivity index (χ0v) is 10.9. The highest BCUT2D eigenvalue weighted by Crippen LogP contribution is 2.31. The van der Waals surface area contributed by atoms with Gasteiger partial charge in [-0.05, 0) is 24.6 Å². The summed E-state index contributed by atoms with van der Waals surface area (Å²) in [6.45, 7) is 1.96. The Morgan fingerprint density at radius 1 is 1.50 bits per heavy atom. The summed E-state index contributed by atoms with van der Waals surface area (Å²) in [4.78, 5) is 4.26. The molecule has 0 saturated carbocycles. The normalized spacial score (nSPS) is 12.4. The molecule has 1 atom stereocenters. The molecule has 0 spiro atoms. The SMILES string of the molecule is CCC(N)c1nc(-c2ccc(Cl)cc2OC)no1. The van der Waals surface area contributed by atoms with Crippen LogP contribution >= 0.6 is 11.6 Å². The first kappa shape index (κ1) is 12.9. The Hall–Kier alpha value is -1.59. The molecule has 1 heterocycles. The third-order valence-electron chi connectivity index (χ3n) is 2.60. The molecule has 0 amide bonds. The van der Waals surface area contributed by atoms with Crippen molar-refractivity contribution < 1.29 is 9.26 Å². The summed E-state index contributed by atoms with van der Waals surface area (Å²) in [7, 11) is 1.56. The van der Waals surface area contributed by atoms with Gasteiger partial charge in [0.1, 0.15) is 5.75 Å². The van der Waals surface area contributed by atoms with E-state index in [1.165, 1.54) is 0 Å². The Morgan fingerprint density at radius 3 is 2.94 bits per heavy atom. The van der Waals surface area contributed by atoms with Crippen LogP contribution in [0.2, 0.25) is 5.02 Å². The quantitative estimate of drug-likeness (QED) is 0.922. The van der Waals surface area contributed by atoms with Gasteiger partial charge in [-0.15, -0.1) is 0 Å². The molecule has 18 heavy (non-hydrogen) atoms. The molecule has 1 unspecified atom stereocenters. The fraction of sp³-hybridized carbons (Fsp3) is 0.333. The lowest BCUT2D eigenvalue weighted by molar-refractivity contribution is 0.352. The van der Waals surface area contributed by atoms with Crippen LogP contribution < -0.4 is 10.5 Å². The van der Waals surface area contributed by atoms with E-state index in [-0.39, 0.29) is 6.04 Å². The van der Waals surface area contributed by atoms with Crippen molar-refractivity contribution in [3.8, 4) is 17.1 Å². The van der Waals surface area contributed by atoms with Gasteiger partial charge in [-0.1, -0.05) is 23.7 Å². The third-order valence-corrected chi connectivity index (χ3v) is 2.84. The van der Waals surface area contributed by atoms with Crippen molar-refractivity contribution in [2.24, 2.45) is 5.73 Å². The van der Waals surface area contributed by atoms with Crippen molar-refractivity contribution in [3.63, 3.8) is 0 Å². The van der Waals surface area contributed by atoms with E-state index in [0.29, 0.717) is 22.5 Å². The van der Waals surface area contributed by atoms with E-state index < -0.39 is 0 Å². The maximum atomic E-state index is 5.90. The van der Waals surface area contributed by atoms with Crippen LogP contribution in [0.1, 0.15) is 25.3 Å². The van der Waals surface area contributed by atoms with E-state index in [0.717, 1.165) is 12.0 Å². The number of hydrogen-bond donors (Lipinski definition) is 1. The van der Waals surface area contributed by atoms with Gasteiger partial charge < -0.3 is 15.0 Å². The van der Waals surface area contributed by atoms with E-state index >= 15 is 0 Å². The topological polar surface area (TPSA) is 74.2 Å². The highest BCUT2D eigenvalue weighted by Gasteiger charge is 2.16. The number of ether oxygens (including phenoxy) is 1. The average molecular weight is 268 g/mol. The molecule has 96 valence electrons. The molecule has 2 aromatic rings. The lowest BCUT2D eigenvalue weighted by Crippen LogP contribution is -2.08. The minimum Gasteiger partial charge on any atom is -0.496 e. The summed E-state index contributed by atoms with van der Waals surface area (Å²) >= 11 is 5.90. The second-order valence-electron chi connectivity index (χ2n) is 3.82. The van der Waals surface area contributed by atoms with Gasteiger partial charge in [0.2, 0.25) is 11.7 Å². The summed E-state index contributed by atoms with van der Waals surface area (Å²) in [6.07, 6.45) is 0.736. The summed E-state index contributed by atoms with van der Waals surface area (Å²) in [5.41, 5.74) is 6.55. The van der Waals surface area contributed by atoms with Crippen LogP contribution in [-0.2, 0) is 0 Å². The Bertz CT molecular complexity index is 542. The molecule has 0 aliphatic carbocycles. The van der Waals surface area contributed by atoms with Gasteiger partial charge in [-0.3, -0.25) is 0 Å². The maximum Gasteiger partial charge on any atom is 0.243 e. The fourth-order valence-corrected chi connectivity index (χ4v) is 1.68. The Labute approximate surface area is 110 Å². The van der Waals surface area contributed by atoms with E-state index in [1.807, 2.05) is 6.92 Å². The van der Waals surface area contributed by atoms with Gasteiger partial charge >= 0.3 is 0 Å². The molecule has 6 heteroatoms. The van der Waals surface area contributed by atoms with Crippen molar-refractivity contribution in [2.45, 2.75) is 19.4 Å². The summed E-state index contributed by atoms with van der Waals surface area (Å²) in [5, 5.41) is 4.49. The van der Waals surface area contributed by atoms with Crippen LogP contribution in [0.25, 0.3) is 11.4 Å². The standard InChI is InChI=1S/C12H14ClN3O2/c1-3-9(14)12-15-11(16-18-12)8-5-4-7(13)6-10(8)17-2/h4-6,9H,3,14H2,1-2H3. The molecule has 0 radical (unpaired) electrons. The fourth-order valence-electron chi connectivity index (χ4n) is 1.52. The molecule has 0 aliphatic rings. The van der Waals surface area contributed by atoms with Crippen LogP contribution in [0, 0.1) is 0 Å². The highest BCUT2D eigenvalue weighted by molar-refractivity contribution is 6.30.